The molecule has 1 amide bonds. The van der Waals surface area contributed by atoms with E-state index >= 15 is 0 Å². The standard InChI is InChI=1S/C29H34FN7O3/c1-17-12-37(13-18(2)32-17)25-7-6-22(28(38)33-21-9-20-14-36(3)35-26(20)24(30)10-21)27-23(25)11-31-29(34-27)40-16-19-5-4-8-39-15-19/h6-7,9-11,14,17-19,32H,4-5,8,12-13,15-16H2,1-3H3,(H,33,38)/t17-,18-,19+/m1/s1. The van der Waals surface area contributed by atoms with Gasteiger partial charge in [0.25, 0.3) is 5.91 Å². The van der Waals surface area contributed by atoms with Crippen LogP contribution in [0.2, 0.25) is 0 Å². The lowest BCUT2D eigenvalue weighted by Gasteiger charge is -2.38. The molecule has 2 aromatic heterocycles. The number of aryl methyl sites for hydroxylation is 1. The number of piperazine rings is 1. The summed E-state index contributed by atoms with van der Waals surface area (Å²) in [6.45, 7) is 7.83. The molecule has 0 unspecified atom stereocenters. The minimum Gasteiger partial charge on any atom is -0.463 e. The van der Waals surface area contributed by atoms with Crippen LogP contribution in [-0.2, 0) is 11.8 Å². The zero-order chi connectivity index (χ0) is 27.8. The molecular weight excluding hydrogens is 513 g/mol. The topological polar surface area (TPSA) is 106 Å². The predicted octanol–water partition coefficient (Wildman–Crippen LogP) is 3.90. The fourth-order valence-electron chi connectivity index (χ4n) is 5.76. The monoisotopic (exact) mass is 547 g/mol. The average Bonchev–Trinajstić information content (AvgIpc) is 3.32. The number of hydrogen-bond donors (Lipinski definition) is 2. The predicted molar refractivity (Wildman–Crippen MR) is 151 cm³/mol. The zero-order valence-electron chi connectivity index (χ0n) is 23.0. The molecule has 0 bridgehead atoms. The summed E-state index contributed by atoms with van der Waals surface area (Å²) < 4.78 is 27.8. The summed E-state index contributed by atoms with van der Waals surface area (Å²) in [5.41, 5.74) is 2.40. The number of nitrogens with zero attached hydrogens (tertiary/aromatic N) is 5. The maximum Gasteiger partial charge on any atom is 0.316 e. The first-order valence-electron chi connectivity index (χ1n) is 13.8. The average molecular weight is 548 g/mol. The van der Waals surface area contributed by atoms with Crippen molar-refractivity contribution in [1.82, 2.24) is 25.1 Å². The summed E-state index contributed by atoms with van der Waals surface area (Å²) in [6, 6.07) is 7.53. The molecule has 2 fully saturated rings. The van der Waals surface area contributed by atoms with Crippen molar-refractivity contribution >= 4 is 39.1 Å². The van der Waals surface area contributed by atoms with Gasteiger partial charge in [-0.05, 0) is 51.0 Å². The summed E-state index contributed by atoms with van der Waals surface area (Å²) >= 11 is 0. The molecule has 0 aliphatic carbocycles. The largest absolute Gasteiger partial charge is 0.463 e. The maximum atomic E-state index is 14.7. The van der Waals surface area contributed by atoms with E-state index in [9.17, 15) is 9.18 Å². The second kappa shape index (κ2) is 11.0. The van der Waals surface area contributed by atoms with E-state index in [0.29, 0.717) is 47.5 Å². The summed E-state index contributed by atoms with van der Waals surface area (Å²) in [7, 11) is 1.73. The van der Waals surface area contributed by atoms with Gasteiger partial charge in [-0.3, -0.25) is 9.48 Å². The molecule has 40 heavy (non-hydrogen) atoms. The van der Waals surface area contributed by atoms with Gasteiger partial charge in [0.05, 0.1) is 24.3 Å². The van der Waals surface area contributed by atoms with Gasteiger partial charge >= 0.3 is 6.01 Å². The van der Waals surface area contributed by atoms with Gasteiger partial charge in [-0.15, -0.1) is 0 Å². The molecule has 6 rings (SSSR count). The van der Waals surface area contributed by atoms with Crippen LogP contribution in [0.25, 0.3) is 21.8 Å². The number of anilines is 2. The molecular formula is C29H34FN7O3. The number of carbonyl (C=O) groups excluding carboxylic acids is 1. The normalized spacial score (nSPS) is 21.6. The van der Waals surface area contributed by atoms with Gasteiger partial charge < -0.3 is 25.0 Å². The Balaban J connectivity index is 1.34. The number of nitrogens with one attached hydrogen (secondary N) is 2. The molecule has 3 atom stereocenters. The van der Waals surface area contributed by atoms with Crippen molar-refractivity contribution < 1.29 is 18.7 Å². The lowest BCUT2D eigenvalue weighted by atomic mass is 10.0. The second-order valence-electron chi connectivity index (χ2n) is 11.0. The Kier molecular flexibility index (Phi) is 7.24. The third-order valence-electron chi connectivity index (χ3n) is 7.49. The van der Waals surface area contributed by atoms with Gasteiger partial charge in [0.15, 0.2) is 5.82 Å². The Labute approximate surface area is 231 Å². The van der Waals surface area contributed by atoms with Crippen molar-refractivity contribution in [2.45, 2.75) is 38.8 Å². The molecule has 0 saturated carbocycles. The zero-order valence-corrected chi connectivity index (χ0v) is 23.0. The van der Waals surface area contributed by atoms with Gasteiger partial charge in [0, 0.05) is 79.3 Å². The molecule has 210 valence electrons. The van der Waals surface area contributed by atoms with Crippen LogP contribution >= 0.6 is 0 Å². The Morgan fingerprint density at radius 3 is 2.83 bits per heavy atom. The second-order valence-corrected chi connectivity index (χ2v) is 11.0. The smallest absolute Gasteiger partial charge is 0.316 e. The van der Waals surface area contributed by atoms with E-state index in [1.54, 1.807) is 36.3 Å². The maximum absolute atomic E-state index is 14.7. The number of benzene rings is 2. The minimum atomic E-state index is -0.500. The van der Waals surface area contributed by atoms with Crippen molar-refractivity contribution in [2.75, 3.05) is 43.1 Å². The molecule has 2 aromatic carbocycles. The van der Waals surface area contributed by atoms with Crippen LogP contribution in [0.5, 0.6) is 6.01 Å². The number of aromatic nitrogens is 4. The van der Waals surface area contributed by atoms with E-state index in [-0.39, 0.29) is 17.4 Å². The lowest BCUT2D eigenvalue weighted by molar-refractivity contribution is 0.0336. The van der Waals surface area contributed by atoms with Gasteiger partial charge in [-0.2, -0.15) is 10.1 Å². The van der Waals surface area contributed by atoms with Crippen LogP contribution in [-0.4, -0.2) is 70.6 Å². The van der Waals surface area contributed by atoms with E-state index in [2.05, 4.69) is 39.5 Å². The molecule has 0 radical (unpaired) electrons. The van der Waals surface area contributed by atoms with Crippen molar-refractivity contribution in [2.24, 2.45) is 13.0 Å². The Hall–Kier alpha value is -3.83. The Morgan fingerprint density at radius 2 is 2.05 bits per heavy atom. The molecule has 2 N–H and O–H groups in total. The van der Waals surface area contributed by atoms with Crippen LogP contribution in [0.4, 0.5) is 15.8 Å². The number of fused-ring (bicyclic) bond motifs is 2. The van der Waals surface area contributed by atoms with E-state index in [4.69, 9.17) is 14.5 Å². The highest BCUT2D eigenvalue weighted by Crippen LogP contribution is 2.31. The third-order valence-corrected chi connectivity index (χ3v) is 7.49. The summed E-state index contributed by atoms with van der Waals surface area (Å²) in [5.74, 6) is -0.616. The molecule has 11 heteroatoms. The highest BCUT2D eigenvalue weighted by atomic mass is 19.1. The van der Waals surface area contributed by atoms with Crippen molar-refractivity contribution in [3.05, 3.63) is 48.0 Å². The molecule has 2 aliphatic rings. The van der Waals surface area contributed by atoms with E-state index in [1.165, 1.54) is 6.07 Å². The van der Waals surface area contributed by atoms with E-state index in [1.807, 2.05) is 6.07 Å². The van der Waals surface area contributed by atoms with Crippen LogP contribution < -0.4 is 20.3 Å². The Bertz CT molecular complexity index is 1540. The summed E-state index contributed by atoms with van der Waals surface area (Å²) in [5, 5.41) is 11.9. The highest BCUT2D eigenvalue weighted by Gasteiger charge is 2.25. The first kappa shape index (κ1) is 26.4. The first-order valence-corrected chi connectivity index (χ1v) is 13.8. The number of carbonyl (C=O) groups is 1. The van der Waals surface area contributed by atoms with Gasteiger partial charge in [-0.25, -0.2) is 9.37 Å². The molecule has 0 spiro atoms. The molecule has 4 heterocycles. The van der Waals surface area contributed by atoms with Crippen molar-refractivity contribution in [3.8, 4) is 6.01 Å². The van der Waals surface area contributed by atoms with E-state index in [0.717, 1.165) is 43.6 Å². The van der Waals surface area contributed by atoms with Crippen molar-refractivity contribution in [1.29, 1.82) is 0 Å². The van der Waals surface area contributed by atoms with Crippen LogP contribution in [0.1, 0.15) is 37.0 Å². The number of rotatable bonds is 6. The van der Waals surface area contributed by atoms with Crippen LogP contribution in [0, 0.1) is 11.7 Å². The number of halogens is 1. The van der Waals surface area contributed by atoms with Crippen LogP contribution in [0.3, 0.4) is 0 Å². The highest BCUT2D eigenvalue weighted by molar-refractivity contribution is 6.14. The SMILES string of the molecule is C[C@@H]1CN(c2ccc(C(=O)Nc3cc(F)c4nn(C)cc4c3)c3nc(OC[C@H]4CCCOC4)ncc23)C[C@@H](C)N1. The quantitative estimate of drug-likeness (QED) is 0.375. The molecule has 2 aliphatic heterocycles. The summed E-state index contributed by atoms with van der Waals surface area (Å²) in [6.07, 6.45) is 5.48. The van der Waals surface area contributed by atoms with E-state index < -0.39 is 11.7 Å². The minimum absolute atomic E-state index is 0.217. The van der Waals surface area contributed by atoms with Crippen LogP contribution in [0.15, 0.2) is 36.7 Å². The third kappa shape index (κ3) is 5.44. The lowest BCUT2D eigenvalue weighted by Crippen LogP contribution is -2.54. The molecule has 4 aromatic rings. The fraction of sp³-hybridized carbons (Fsp3) is 0.448. The molecule has 2 saturated heterocycles. The van der Waals surface area contributed by atoms with Gasteiger partial charge in [0.1, 0.15) is 5.52 Å². The van der Waals surface area contributed by atoms with Gasteiger partial charge in [0.2, 0.25) is 0 Å². The van der Waals surface area contributed by atoms with Gasteiger partial charge in [-0.1, -0.05) is 0 Å². The molecule has 10 nitrogen and oxygen atoms in total. The first-order chi connectivity index (χ1) is 19.3. The number of amides is 1. The number of hydrogen-bond acceptors (Lipinski definition) is 8. The Morgan fingerprint density at radius 1 is 1.23 bits per heavy atom. The number of ether oxygens (including phenoxy) is 2. The fourth-order valence-corrected chi connectivity index (χ4v) is 5.76. The summed E-state index contributed by atoms with van der Waals surface area (Å²) in [4.78, 5) is 25.1. The van der Waals surface area contributed by atoms with Crippen molar-refractivity contribution in [3.63, 3.8) is 0 Å².